The van der Waals surface area contributed by atoms with Crippen molar-refractivity contribution in [3.05, 3.63) is 65.9 Å². The van der Waals surface area contributed by atoms with Gasteiger partial charge in [-0.2, -0.15) is 13.2 Å². The van der Waals surface area contributed by atoms with Crippen LogP contribution in [-0.4, -0.2) is 16.0 Å². The van der Waals surface area contributed by atoms with Crippen LogP contribution in [0.15, 0.2) is 59.3 Å². The average Bonchev–Trinajstić information content (AvgIpc) is 3.32. The molecule has 148 valence electrons. The Balaban J connectivity index is 1.41. The lowest BCUT2D eigenvalue weighted by molar-refractivity contribution is -0.137. The van der Waals surface area contributed by atoms with Gasteiger partial charge in [-0.25, -0.2) is 4.98 Å². The number of thiazole rings is 1. The predicted octanol–water partition coefficient (Wildman–Crippen LogP) is 5.54. The third kappa shape index (κ3) is 4.29. The Morgan fingerprint density at radius 1 is 1.10 bits per heavy atom. The standard InChI is InChI=1S/C20H14F3N3O2S/c21-20(22,23)14-8-5-12(6-9-14)18-13(11-24-28-18)7-10-17(27)26-19-25-15-3-1-2-4-16(15)29-19/h1-6,8-9,11H,7,10H2,(H,25,26,27). The van der Waals surface area contributed by atoms with Gasteiger partial charge in [-0.3, -0.25) is 4.79 Å². The highest BCUT2D eigenvalue weighted by atomic mass is 32.1. The number of nitrogens with zero attached hydrogens (tertiary/aromatic N) is 2. The van der Waals surface area contributed by atoms with E-state index in [0.717, 1.165) is 22.3 Å². The van der Waals surface area contributed by atoms with Gasteiger partial charge in [0.15, 0.2) is 10.9 Å². The van der Waals surface area contributed by atoms with Crippen molar-refractivity contribution in [2.45, 2.75) is 19.0 Å². The highest BCUT2D eigenvalue weighted by molar-refractivity contribution is 7.22. The van der Waals surface area contributed by atoms with Crippen LogP contribution in [0, 0.1) is 0 Å². The van der Waals surface area contributed by atoms with Crippen LogP contribution >= 0.6 is 11.3 Å². The summed E-state index contributed by atoms with van der Waals surface area (Å²) in [7, 11) is 0. The third-order valence-corrected chi connectivity index (χ3v) is 5.23. The summed E-state index contributed by atoms with van der Waals surface area (Å²) in [6.07, 6.45) is -2.44. The van der Waals surface area contributed by atoms with Crippen LogP contribution in [0.1, 0.15) is 17.5 Å². The summed E-state index contributed by atoms with van der Waals surface area (Å²) < 4.78 is 44.3. The number of aromatic nitrogens is 2. The molecule has 0 atom stereocenters. The summed E-state index contributed by atoms with van der Waals surface area (Å²) in [6.45, 7) is 0. The largest absolute Gasteiger partial charge is 0.416 e. The van der Waals surface area contributed by atoms with Gasteiger partial charge in [0.2, 0.25) is 5.91 Å². The summed E-state index contributed by atoms with van der Waals surface area (Å²) in [5.41, 5.74) is 1.19. The molecule has 5 nitrogen and oxygen atoms in total. The molecule has 0 aliphatic heterocycles. The van der Waals surface area contributed by atoms with Gasteiger partial charge in [-0.05, 0) is 30.7 Å². The van der Waals surface area contributed by atoms with Gasteiger partial charge in [0, 0.05) is 17.5 Å². The third-order valence-electron chi connectivity index (χ3n) is 4.28. The molecule has 0 fully saturated rings. The first-order valence-electron chi connectivity index (χ1n) is 8.67. The molecule has 2 aromatic heterocycles. The van der Waals surface area contributed by atoms with E-state index < -0.39 is 11.7 Å². The first-order chi connectivity index (χ1) is 13.9. The first-order valence-corrected chi connectivity index (χ1v) is 9.48. The van der Waals surface area contributed by atoms with Crippen molar-refractivity contribution in [2.24, 2.45) is 0 Å². The van der Waals surface area contributed by atoms with Crippen molar-refractivity contribution >= 4 is 32.6 Å². The van der Waals surface area contributed by atoms with Crippen LogP contribution in [0.3, 0.4) is 0 Å². The van der Waals surface area contributed by atoms with E-state index in [4.69, 9.17) is 4.52 Å². The summed E-state index contributed by atoms with van der Waals surface area (Å²) in [6, 6.07) is 12.2. The maximum Gasteiger partial charge on any atom is 0.416 e. The lowest BCUT2D eigenvalue weighted by Gasteiger charge is -2.07. The lowest BCUT2D eigenvalue weighted by atomic mass is 10.0. The van der Waals surface area contributed by atoms with Gasteiger partial charge in [0.05, 0.1) is 22.0 Å². The minimum atomic E-state index is -4.40. The van der Waals surface area contributed by atoms with E-state index in [0.29, 0.717) is 28.4 Å². The molecule has 0 aliphatic rings. The second-order valence-electron chi connectivity index (χ2n) is 6.29. The van der Waals surface area contributed by atoms with Crippen molar-refractivity contribution in [1.29, 1.82) is 0 Å². The summed E-state index contributed by atoms with van der Waals surface area (Å²) in [5.74, 6) is 0.134. The molecule has 29 heavy (non-hydrogen) atoms. The Morgan fingerprint density at radius 2 is 1.86 bits per heavy atom. The molecule has 0 spiro atoms. The Kier molecular flexibility index (Phi) is 5.06. The van der Waals surface area contributed by atoms with Crippen molar-refractivity contribution in [2.75, 3.05) is 5.32 Å². The van der Waals surface area contributed by atoms with Gasteiger partial charge in [-0.15, -0.1) is 0 Å². The highest BCUT2D eigenvalue weighted by Crippen LogP contribution is 2.32. The molecule has 4 aromatic rings. The van der Waals surface area contributed by atoms with Crippen molar-refractivity contribution in [3.8, 4) is 11.3 Å². The fourth-order valence-electron chi connectivity index (χ4n) is 2.84. The van der Waals surface area contributed by atoms with Crippen LogP contribution in [-0.2, 0) is 17.4 Å². The monoisotopic (exact) mass is 417 g/mol. The number of anilines is 1. The molecule has 0 saturated heterocycles. The summed E-state index contributed by atoms with van der Waals surface area (Å²) in [5, 5.41) is 7.01. The smallest absolute Gasteiger partial charge is 0.356 e. The maximum absolute atomic E-state index is 12.7. The number of alkyl halides is 3. The molecule has 2 aromatic carbocycles. The predicted molar refractivity (Wildman–Crippen MR) is 104 cm³/mol. The van der Waals surface area contributed by atoms with Crippen LogP contribution in [0.25, 0.3) is 21.5 Å². The van der Waals surface area contributed by atoms with Crippen LogP contribution in [0.2, 0.25) is 0 Å². The van der Waals surface area contributed by atoms with E-state index in [9.17, 15) is 18.0 Å². The van der Waals surface area contributed by atoms with Crippen LogP contribution < -0.4 is 5.32 Å². The lowest BCUT2D eigenvalue weighted by Crippen LogP contribution is -2.12. The number of hydrogen-bond donors (Lipinski definition) is 1. The molecule has 4 rings (SSSR count). The number of fused-ring (bicyclic) bond motifs is 1. The molecule has 1 N–H and O–H groups in total. The number of rotatable bonds is 5. The zero-order valence-electron chi connectivity index (χ0n) is 14.9. The quantitative estimate of drug-likeness (QED) is 0.463. The van der Waals surface area contributed by atoms with Gasteiger partial charge in [0.1, 0.15) is 0 Å². The number of carbonyl (C=O) groups excluding carboxylic acids is 1. The van der Waals surface area contributed by atoms with E-state index in [1.807, 2.05) is 24.3 Å². The van der Waals surface area contributed by atoms with Crippen molar-refractivity contribution in [1.82, 2.24) is 10.1 Å². The fourth-order valence-corrected chi connectivity index (χ4v) is 3.72. The normalized spacial score (nSPS) is 11.7. The Morgan fingerprint density at radius 3 is 2.59 bits per heavy atom. The second-order valence-corrected chi connectivity index (χ2v) is 7.32. The van der Waals surface area contributed by atoms with Crippen LogP contribution in [0.5, 0.6) is 0 Å². The molecule has 9 heteroatoms. The molecule has 1 amide bonds. The number of para-hydroxylation sites is 1. The van der Waals surface area contributed by atoms with Gasteiger partial charge >= 0.3 is 6.18 Å². The average molecular weight is 417 g/mol. The van der Waals surface area contributed by atoms with E-state index in [1.54, 1.807) is 0 Å². The zero-order valence-corrected chi connectivity index (χ0v) is 15.7. The van der Waals surface area contributed by atoms with Gasteiger partial charge in [0.25, 0.3) is 0 Å². The van der Waals surface area contributed by atoms with E-state index in [1.165, 1.54) is 29.7 Å². The molecule has 0 saturated carbocycles. The summed E-state index contributed by atoms with van der Waals surface area (Å²) >= 11 is 1.39. The fraction of sp³-hybridized carbons (Fsp3) is 0.150. The summed E-state index contributed by atoms with van der Waals surface area (Å²) in [4.78, 5) is 16.6. The number of aryl methyl sites for hydroxylation is 1. The van der Waals surface area contributed by atoms with Gasteiger partial charge < -0.3 is 9.84 Å². The van der Waals surface area contributed by atoms with Crippen molar-refractivity contribution in [3.63, 3.8) is 0 Å². The topological polar surface area (TPSA) is 68.0 Å². The minimum absolute atomic E-state index is 0.158. The highest BCUT2D eigenvalue weighted by Gasteiger charge is 2.30. The molecule has 0 aliphatic carbocycles. The number of benzene rings is 2. The van der Waals surface area contributed by atoms with E-state index >= 15 is 0 Å². The number of amides is 1. The molecule has 2 heterocycles. The Hall–Kier alpha value is -3.20. The Labute approximate surface area is 167 Å². The molecule has 0 bridgehead atoms. The van der Waals surface area contributed by atoms with Crippen molar-refractivity contribution < 1.29 is 22.5 Å². The number of halogens is 3. The Bertz CT molecular complexity index is 1120. The first kappa shape index (κ1) is 19.1. The SMILES string of the molecule is O=C(CCc1cnoc1-c1ccc(C(F)(F)F)cc1)Nc1nc2ccccc2s1. The van der Waals surface area contributed by atoms with Gasteiger partial charge in [-0.1, -0.05) is 40.8 Å². The second kappa shape index (κ2) is 7.67. The van der Waals surface area contributed by atoms with E-state index in [-0.39, 0.29) is 12.3 Å². The molecule has 0 radical (unpaired) electrons. The van der Waals surface area contributed by atoms with Crippen LogP contribution in [0.4, 0.5) is 18.3 Å². The number of hydrogen-bond acceptors (Lipinski definition) is 5. The number of nitrogens with one attached hydrogen (secondary N) is 1. The molecular weight excluding hydrogens is 403 g/mol. The molecular formula is C20H14F3N3O2S. The minimum Gasteiger partial charge on any atom is -0.356 e. The number of carbonyl (C=O) groups is 1. The maximum atomic E-state index is 12.7. The molecule has 0 unspecified atom stereocenters. The zero-order chi connectivity index (χ0) is 20.4. The van der Waals surface area contributed by atoms with E-state index in [2.05, 4.69) is 15.5 Å².